The van der Waals surface area contributed by atoms with Gasteiger partial charge in [0.25, 0.3) is 5.69 Å². The Labute approximate surface area is 117 Å². The van der Waals surface area contributed by atoms with Crippen LogP contribution in [0, 0.1) is 10.1 Å². The third kappa shape index (κ3) is 2.27. The number of hydrogen-bond acceptors (Lipinski definition) is 4. The maximum absolute atomic E-state index is 12.4. The molecule has 2 unspecified atom stereocenters. The quantitative estimate of drug-likeness (QED) is 0.676. The van der Waals surface area contributed by atoms with Crippen LogP contribution in [0.5, 0.6) is 0 Å². The third-order valence-corrected chi connectivity index (χ3v) is 3.97. The van der Waals surface area contributed by atoms with Crippen molar-refractivity contribution in [2.45, 2.75) is 38.9 Å². The van der Waals surface area contributed by atoms with Gasteiger partial charge in [-0.2, -0.15) is 0 Å². The van der Waals surface area contributed by atoms with Crippen LogP contribution < -0.4 is 5.32 Å². The summed E-state index contributed by atoms with van der Waals surface area (Å²) in [6.45, 7) is 6.39. The molecule has 108 valence electrons. The summed E-state index contributed by atoms with van der Waals surface area (Å²) in [6, 6.07) is 6.34. The number of non-ortho nitro benzene ring substituents is 1. The molecule has 2 rings (SSSR count). The van der Waals surface area contributed by atoms with Crippen LogP contribution in [-0.4, -0.2) is 27.8 Å². The van der Waals surface area contributed by atoms with Crippen molar-refractivity contribution in [1.29, 1.82) is 0 Å². The summed E-state index contributed by atoms with van der Waals surface area (Å²) in [5.41, 5.74) is 0.352. The van der Waals surface area contributed by atoms with Crippen molar-refractivity contribution in [2.24, 2.45) is 0 Å². The Balaban J connectivity index is 2.32. The van der Waals surface area contributed by atoms with Gasteiger partial charge in [0.05, 0.1) is 10.5 Å². The number of amides is 1. The minimum absolute atomic E-state index is 0.0550. The van der Waals surface area contributed by atoms with E-state index in [2.05, 4.69) is 5.32 Å². The first-order valence-corrected chi connectivity index (χ1v) is 6.76. The number of hydrogen-bond donors (Lipinski definition) is 1. The third-order valence-electron chi connectivity index (χ3n) is 3.97. The highest BCUT2D eigenvalue weighted by Gasteiger charge is 2.46. The van der Waals surface area contributed by atoms with Gasteiger partial charge in [0.1, 0.15) is 6.17 Å². The van der Waals surface area contributed by atoms with E-state index in [-0.39, 0.29) is 17.8 Å². The standard InChI is InChI=1S/C14H19N3O3/c1-4-14(3)13(18)16(5-2)12(15-14)10-6-8-11(9-7-10)17(19)20/h6-9,12,15H,4-5H2,1-3H3. The lowest BCUT2D eigenvalue weighted by Crippen LogP contribution is -2.42. The van der Waals surface area contributed by atoms with Gasteiger partial charge in [0, 0.05) is 18.7 Å². The normalized spacial score (nSPS) is 26.1. The van der Waals surface area contributed by atoms with Gasteiger partial charge in [-0.3, -0.25) is 20.2 Å². The smallest absolute Gasteiger partial charge is 0.269 e. The summed E-state index contributed by atoms with van der Waals surface area (Å²) in [4.78, 5) is 24.4. The second-order valence-electron chi connectivity index (χ2n) is 5.17. The summed E-state index contributed by atoms with van der Waals surface area (Å²) >= 11 is 0. The molecule has 0 radical (unpaired) electrons. The SMILES string of the molecule is CCN1C(=O)C(C)(CC)NC1c1ccc([N+](=O)[O-])cc1. The van der Waals surface area contributed by atoms with Crippen molar-refractivity contribution in [3.05, 3.63) is 39.9 Å². The summed E-state index contributed by atoms with van der Waals surface area (Å²) in [7, 11) is 0. The van der Waals surface area contributed by atoms with E-state index >= 15 is 0 Å². The molecule has 1 saturated heterocycles. The Morgan fingerprint density at radius 1 is 1.35 bits per heavy atom. The molecule has 1 aromatic carbocycles. The average molecular weight is 277 g/mol. The largest absolute Gasteiger partial charge is 0.322 e. The molecule has 1 aliphatic rings. The van der Waals surface area contributed by atoms with Crippen molar-refractivity contribution < 1.29 is 9.72 Å². The molecule has 0 bridgehead atoms. The molecular weight excluding hydrogens is 258 g/mol. The van der Waals surface area contributed by atoms with E-state index in [1.54, 1.807) is 17.0 Å². The van der Waals surface area contributed by atoms with Crippen LogP contribution in [0.15, 0.2) is 24.3 Å². The lowest BCUT2D eigenvalue weighted by Gasteiger charge is -2.22. The molecule has 0 saturated carbocycles. The van der Waals surface area contributed by atoms with Gasteiger partial charge in [-0.05, 0) is 38.0 Å². The van der Waals surface area contributed by atoms with Crippen LogP contribution in [0.4, 0.5) is 5.69 Å². The van der Waals surface area contributed by atoms with Gasteiger partial charge < -0.3 is 4.90 Å². The van der Waals surface area contributed by atoms with E-state index in [0.717, 1.165) is 5.56 Å². The van der Waals surface area contributed by atoms with Gasteiger partial charge >= 0.3 is 0 Å². The molecule has 1 N–H and O–H groups in total. The molecule has 0 spiro atoms. The van der Waals surface area contributed by atoms with E-state index in [1.165, 1.54) is 12.1 Å². The first kappa shape index (κ1) is 14.5. The monoisotopic (exact) mass is 277 g/mol. The van der Waals surface area contributed by atoms with Crippen molar-refractivity contribution >= 4 is 11.6 Å². The molecule has 6 nitrogen and oxygen atoms in total. The van der Waals surface area contributed by atoms with Gasteiger partial charge in [-0.15, -0.1) is 0 Å². The highest BCUT2D eigenvalue weighted by molar-refractivity contribution is 5.88. The first-order chi connectivity index (χ1) is 9.42. The van der Waals surface area contributed by atoms with Crippen LogP contribution >= 0.6 is 0 Å². The van der Waals surface area contributed by atoms with Crippen LogP contribution in [0.2, 0.25) is 0 Å². The Morgan fingerprint density at radius 3 is 2.40 bits per heavy atom. The van der Waals surface area contributed by atoms with Crippen molar-refractivity contribution in [3.63, 3.8) is 0 Å². The van der Waals surface area contributed by atoms with Crippen molar-refractivity contribution in [1.82, 2.24) is 10.2 Å². The molecular formula is C14H19N3O3. The summed E-state index contributed by atoms with van der Waals surface area (Å²) in [5, 5.41) is 14.0. The Hall–Kier alpha value is -1.95. The molecule has 1 aromatic rings. The van der Waals surface area contributed by atoms with E-state index < -0.39 is 10.5 Å². The minimum atomic E-state index is -0.567. The van der Waals surface area contributed by atoms with E-state index in [4.69, 9.17) is 0 Å². The maximum atomic E-state index is 12.4. The average Bonchev–Trinajstić information content (AvgIpc) is 2.71. The fourth-order valence-corrected chi connectivity index (χ4v) is 2.50. The van der Waals surface area contributed by atoms with Gasteiger partial charge in [0.15, 0.2) is 0 Å². The van der Waals surface area contributed by atoms with Gasteiger partial charge in [0.2, 0.25) is 5.91 Å². The summed E-state index contributed by atoms with van der Waals surface area (Å²) in [5.74, 6) is 0.0749. The minimum Gasteiger partial charge on any atom is -0.322 e. The predicted octanol–water partition coefficient (Wildman–Crippen LogP) is 2.21. The number of nitro benzene ring substituents is 1. The Morgan fingerprint density at radius 2 is 1.95 bits per heavy atom. The number of likely N-dealkylation sites (N-methyl/N-ethyl adjacent to an activating group) is 1. The molecule has 2 atom stereocenters. The van der Waals surface area contributed by atoms with Crippen LogP contribution in [0.1, 0.15) is 38.9 Å². The molecule has 1 heterocycles. The second kappa shape index (κ2) is 5.20. The molecule has 1 amide bonds. The maximum Gasteiger partial charge on any atom is 0.269 e. The second-order valence-corrected chi connectivity index (χ2v) is 5.17. The number of benzene rings is 1. The highest BCUT2D eigenvalue weighted by Crippen LogP contribution is 2.32. The fraction of sp³-hybridized carbons (Fsp3) is 0.500. The van der Waals surface area contributed by atoms with E-state index in [9.17, 15) is 14.9 Å². The van der Waals surface area contributed by atoms with E-state index in [0.29, 0.717) is 13.0 Å². The number of carbonyl (C=O) groups excluding carboxylic acids is 1. The Kier molecular flexibility index (Phi) is 3.76. The topological polar surface area (TPSA) is 75.5 Å². The zero-order valence-electron chi connectivity index (χ0n) is 11.9. The fourth-order valence-electron chi connectivity index (χ4n) is 2.50. The number of nitro groups is 1. The molecule has 1 fully saturated rings. The summed E-state index contributed by atoms with van der Waals surface area (Å²) < 4.78 is 0. The molecule has 20 heavy (non-hydrogen) atoms. The van der Waals surface area contributed by atoms with Crippen LogP contribution in [-0.2, 0) is 4.79 Å². The van der Waals surface area contributed by atoms with Crippen molar-refractivity contribution in [3.8, 4) is 0 Å². The number of nitrogens with zero attached hydrogens (tertiary/aromatic N) is 2. The number of rotatable bonds is 4. The molecule has 0 aliphatic carbocycles. The van der Waals surface area contributed by atoms with E-state index in [1.807, 2.05) is 20.8 Å². The summed E-state index contributed by atoms with van der Waals surface area (Å²) in [6.07, 6.45) is 0.476. The van der Waals surface area contributed by atoms with Gasteiger partial charge in [-0.25, -0.2) is 0 Å². The van der Waals surface area contributed by atoms with Crippen LogP contribution in [0.25, 0.3) is 0 Å². The first-order valence-electron chi connectivity index (χ1n) is 6.76. The number of carbonyl (C=O) groups is 1. The van der Waals surface area contributed by atoms with Gasteiger partial charge in [-0.1, -0.05) is 6.92 Å². The van der Waals surface area contributed by atoms with Crippen LogP contribution in [0.3, 0.4) is 0 Å². The van der Waals surface area contributed by atoms with Crippen molar-refractivity contribution in [2.75, 3.05) is 6.54 Å². The Bertz CT molecular complexity index is 529. The number of nitrogens with one attached hydrogen (secondary N) is 1. The molecule has 1 aliphatic heterocycles. The predicted molar refractivity (Wildman–Crippen MR) is 75.1 cm³/mol. The lowest BCUT2D eigenvalue weighted by molar-refractivity contribution is -0.384. The molecule has 0 aromatic heterocycles. The highest BCUT2D eigenvalue weighted by atomic mass is 16.6. The zero-order valence-corrected chi connectivity index (χ0v) is 11.9. The molecule has 6 heteroatoms. The lowest BCUT2D eigenvalue weighted by atomic mass is 9.99. The zero-order chi connectivity index (χ0) is 14.9.